The van der Waals surface area contributed by atoms with E-state index in [0.717, 1.165) is 6.08 Å². The van der Waals surface area contributed by atoms with Gasteiger partial charge >= 0.3 is 30.8 Å². The fourth-order valence-electron chi connectivity index (χ4n) is 0.226. The number of aliphatic hydroxyl groups excluding tert-OH is 1. The summed E-state index contributed by atoms with van der Waals surface area (Å²) in [4.78, 5) is 20.6. The molecule has 0 aromatic rings. The SMILES string of the molecule is C=CC(=O)OC(=O)C(C)O.[LiH]. The van der Waals surface area contributed by atoms with Gasteiger partial charge < -0.3 is 9.84 Å². The second-order valence-corrected chi connectivity index (χ2v) is 1.62. The molecule has 0 fully saturated rings. The van der Waals surface area contributed by atoms with Gasteiger partial charge in [0.1, 0.15) is 6.10 Å². The van der Waals surface area contributed by atoms with Crippen LogP contribution in [0.4, 0.5) is 0 Å². The van der Waals surface area contributed by atoms with Crippen molar-refractivity contribution in [3.05, 3.63) is 12.7 Å². The van der Waals surface area contributed by atoms with Crippen LogP contribution in [0.3, 0.4) is 0 Å². The van der Waals surface area contributed by atoms with Crippen molar-refractivity contribution in [2.45, 2.75) is 13.0 Å². The second-order valence-electron chi connectivity index (χ2n) is 1.62. The van der Waals surface area contributed by atoms with Gasteiger partial charge in [-0.25, -0.2) is 9.59 Å². The molecular weight excluding hydrogens is 143 g/mol. The van der Waals surface area contributed by atoms with Crippen LogP contribution in [0.25, 0.3) is 0 Å². The molecule has 1 unspecified atom stereocenters. The molecule has 0 saturated carbocycles. The van der Waals surface area contributed by atoms with Crippen molar-refractivity contribution in [2.24, 2.45) is 0 Å². The summed E-state index contributed by atoms with van der Waals surface area (Å²) in [5.41, 5.74) is 0. The van der Waals surface area contributed by atoms with Gasteiger partial charge in [0.2, 0.25) is 0 Å². The minimum absolute atomic E-state index is 0. The monoisotopic (exact) mass is 152 g/mol. The Balaban J connectivity index is 0. The number of carbonyl (C=O) groups excluding carboxylic acids is 2. The summed E-state index contributed by atoms with van der Waals surface area (Å²) in [6.45, 7) is 4.27. The summed E-state index contributed by atoms with van der Waals surface area (Å²) in [5, 5.41) is 8.50. The summed E-state index contributed by atoms with van der Waals surface area (Å²) in [5.74, 6) is -1.82. The second kappa shape index (κ2) is 6.17. The Labute approximate surface area is 76.4 Å². The molecule has 0 aliphatic rings. The molecule has 0 aliphatic heterocycles. The summed E-state index contributed by atoms with van der Waals surface area (Å²) in [6.07, 6.45) is -0.427. The maximum absolute atomic E-state index is 10.4. The van der Waals surface area contributed by atoms with Gasteiger partial charge in [-0.1, -0.05) is 6.58 Å². The number of aliphatic hydroxyl groups is 1. The predicted octanol–water partition coefficient (Wildman–Crippen LogP) is -1.03. The zero-order chi connectivity index (χ0) is 8.15. The molecule has 4 nitrogen and oxygen atoms in total. The Morgan fingerprint density at radius 2 is 2.09 bits per heavy atom. The average Bonchev–Trinajstić information content (AvgIpc) is 1.87. The summed E-state index contributed by atoms with van der Waals surface area (Å²) < 4.78 is 4.02. The van der Waals surface area contributed by atoms with Crippen molar-refractivity contribution < 1.29 is 19.4 Å². The number of ether oxygens (including phenoxy) is 1. The number of esters is 2. The summed E-state index contributed by atoms with van der Waals surface area (Å²) >= 11 is 0. The average molecular weight is 152 g/mol. The van der Waals surface area contributed by atoms with E-state index in [0.29, 0.717) is 0 Å². The van der Waals surface area contributed by atoms with E-state index in [1.54, 1.807) is 0 Å². The van der Waals surface area contributed by atoms with E-state index in [-0.39, 0.29) is 18.9 Å². The van der Waals surface area contributed by atoms with Crippen molar-refractivity contribution >= 4 is 30.8 Å². The number of rotatable bonds is 2. The summed E-state index contributed by atoms with van der Waals surface area (Å²) in [7, 11) is 0. The number of hydrogen-bond donors (Lipinski definition) is 1. The zero-order valence-electron chi connectivity index (χ0n) is 5.53. The van der Waals surface area contributed by atoms with E-state index >= 15 is 0 Å². The van der Waals surface area contributed by atoms with Gasteiger partial charge in [0.15, 0.2) is 0 Å². The van der Waals surface area contributed by atoms with E-state index in [2.05, 4.69) is 11.3 Å². The fourth-order valence-corrected chi connectivity index (χ4v) is 0.226. The first-order chi connectivity index (χ1) is 4.57. The Hall–Kier alpha value is -0.563. The maximum atomic E-state index is 10.4. The predicted molar refractivity (Wildman–Crippen MR) is 40.1 cm³/mol. The molecule has 5 heteroatoms. The molecule has 58 valence electrons. The molecule has 11 heavy (non-hydrogen) atoms. The van der Waals surface area contributed by atoms with E-state index in [1.165, 1.54) is 6.92 Å². The molecule has 0 aromatic heterocycles. The standard InChI is InChI=1S/C6H8O4.Li.H/c1-3-5(8)10-6(9)4(2)7;;/h3-4,7H,1H2,2H3;;. The molecule has 0 heterocycles. The van der Waals surface area contributed by atoms with Gasteiger partial charge in [-0.15, -0.1) is 0 Å². The molecule has 0 radical (unpaired) electrons. The molecule has 0 aliphatic carbocycles. The van der Waals surface area contributed by atoms with Crippen molar-refractivity contribution in [1.82, 2.24) is 0 Å². The van der Waals surface area contributed by atoms with Crippen LogP contribution in [0.15, 0.2) is 12.7 Å². The van der Waals surface area contributed by atoms with E-state index in [9.17, 15) is 9.59 Å². The minimum atomic E-state index is -1.27. The molecule has 0 aromatic carbocycles. The zero-order valence-corrected chi connectivity index (χ0v) is 5.53. The molecule has 0 rings (SSSR count). The molecular formula is C6H9LiO4. The Morgan fingerprint density at radius 3 is 2.36 bits per heavy atom. The third-order valence-electron chi connectivity index (χ3n) is 0.709. The van der Waals surface area contributed by atoms with Crippen LogP contribution < -0.4 is 0 Å². The molecule has 0 spiro atoms. The van der Waals surface area contributed by atoms with Gasteiger partial charge in [0, 0.05) is 6.08 Å². The van der Waals surface area contributed by atoms with Crippen molar-refractivity contribution in [2.75, 3.05) is 0 Å². The molecule has 0 bridgehead atoms. The number of hydrogen-bond acceptors (Lipinski definition) is 4. The Morgan fingerprint density at radius 1 is 1.64 bits per heavy atom. The third-order valence-corrected chi connectivity index (χ3v) is 0.709. The van der Waals surface area contributed by atoms with Gasteiger partial charge in [-0.05, 0) is 6.92 Å². The van der Waals surface area contributed by atoms with Gasteiger partial charge in [0.05, 0.1) is 0 Å². The first kappa shape index (κ1) is 13.1. The molecule has 0 amide bonds. The van der Waals surface area contributed by atoms with Crippen molar-refractivity contribution in [1.29, 1.82) is 0 Å². The Bertz CT molecular complexity index is 164. The van der Waals surface area contributed by atoms with Crippen LogP contribution in [0.1, 0.15) is 6.92 Å². The van der Waals surface area contributed by atoms with Crippen LogP contribution in [-0.2, 0) is 14.3 Å². The quantitative estimate of drug-likeness (QED) is 0.238. The van der Waals surface area contributed by atoms with Crippen LogP contribution in [0, 0.1) is 0 Å². The molecule has 0 saturated heterocycles. The summed E-state index contributed by atoms with van der Waals surface area (Å²) in [6, 6.07) is 0. The van der Waals surface area contributed by atoms with E-state index in [4.69, 9.17) is 5.11 Å². The van der Waals surface area contributed by atoms with Gasteiger partial charge in [-0.2, -0.15) is 0 Å². The normalized spacial score (nSPS) is 10.7. The fraction of sp³-hybridized carbons (Fsp3) is 0.333. The van der Waals surface area contributed by atoms with Gasteiger partial charge in [-0.3, -0.25) is 0 Å². The Kier molecular flexibility index (Phi) is 7.32. The third kappa shape index (κ3) is 5.86. The van der Waals surface area contributed by atoms with Crippen LogP contribution in [0.2, 0.25) is 0 Å². The van der Waals surface area contributed by atoms with Crippen LogP contribution in [-0.4, -0.2) is 42.0 Å². The van der Waals surface area contributed by atoms with E-state index in [1.807, 2.05) is 0 Å². The molecule has 1 N–H and O–H groups in total. The van der Waals surface area contributed by atoms with Crippen LogP contribution in [0.5, 0.6) is 0 Å². The molecule has 1 atom stereocenters. The van der Waals surface area contributed by atoms with Crippen LogP contribution >= 0.6 is 0 Å². The first-order valence-electron chi connectivity index (χ1n) is 2.64. The number of carbonyl (C=O) groups is 2. The van der Waals surface area contributed by atoms with E-state index < -0.39 is 18.0 Å². The van der Waals surface area contributed by atoms with Crippen molar-refractivity contribution in [3.8, 4) is 0 Å². The van der Waals surface area contributed by atoms with Crippen molar-refractivity contribution in [3.63, 3.8) is 0 Å². The topological polar surface area (TPSA) is 63.6 Å². The van der Waals surface area contributed by atoms with Gasteiger partial charge in [0.25, 0.3) is 0 Å². The first-order valence-corrected chi connectivity index (χ1v) is 2.64.